The number of hydrogen-bond acceptors (Lipinski definition) is 4. The van der Waals surface area contributed by atoms with Crippen molar-refractivity contribution in [3.8, 4) is 5.75 Å². The first kappa shape index (κ1) is 14.8. The van der Waals surface area contributed by atoms with Gasteiger partial charge in [-0.3, -0.25) is 0 Å². The molecule has 7 heteroatoms. The second-order valence-corrected chi connectivity index (χ2v) is 5.74. The molecule has 1 unspecified atom stereocenters. The van der Waals surface area contributed by atoms with E-state index in [9.17, 15) is 4.57 Å². The molecular weight excluding hydrogens is 286 g/mol. The predicted octanol–water partition coefficient (Wildman–Crippen LogP) is 5.03. The summed E-state index contributed by atoms with van der Waals surface area (Å²) in [6, 6.07) is 7.05. The van der Waals surface area contributed by atoms with E-state index in [1.807, 2.05) is 12.1 Å². The maximum absolute atomic E-state index is 11.5. The van der Waals surface area contributed by atoms with E-state index in [0.29, 0.717) is 11.7 Å². The van der Waals surface area contributed by atoms with E-state index in [0.717, 1.165) is 12.0 Å². The van der Waals surface area contributed by atoms with E-state index < -0.39 is 7.82 Å². The quantitative estimate of drug-likeness (QED) is 0.691. The Labute approximate surface area is 111 Å². The van der Waals surface area contributed by atoms with Crippen LogP contribution >= 0.6 is 31.6 Å². The first-order valence-corrected chi connectivity index (χ1v) is 7.12. The molecule has 1 atom stereocenters. The summed E-state index contributed by atoms with van der Waals surface area (Å²) in [5.74, 6) is 0.756. The molecule has 0 aliphatic rings. The summed E-state index contributed by atoms with van der Waals surface area (Å²) in [7, 11) is -3.92. The fraction of sp³-hybridized carbons (Fsp3) is 0.400. The maximum atomic E-state index is 11.5. The zero-order valence-corrected chi connectivity index (χ0v) is 11.8. The van der Waals surface area contributed by atoms with Crippen LogP contribution in [0.4, 0.5) is 0 Å². The van der Waals surface area contributed by atoms with Gasteiger partial charge in [-0.2, -0.15) is 8.15 Å². The second-order valence-electron chi connectivity index (χ2n) is 3.55. The van der Waals surface area contributed by atoms with Gasteiger partial charge in [0.05, 0.1) is 23.7 Å². The average molecular weight is 299 g/mol. The first-order chi connectivity index (χ1) is 8.04. The highest BCUT2D eigenvalue weighted by Gasteiger charge is 2.28. The number of benzene rings is 1. The Morgan fingerprint density at radius 3 is 2.18 bits per heavy atom. The minimum absolute atomic E-state index is 0.307. The monoisotopic (exact) mass is 298 g/mol. The van der Waals surface area contributed by atoms with Gasteiger partial charge < -0.3 is 4.52 Å². The number of rotatable bonds is 6. The van der Waals surface area contributed by atoms with Crippen LogP contribution in [-0.2, 0) is 12.7 Å². The lowest BCUT2D eigenvalue weighted by atomic mass is 9.99. The highest BCUT2D eigenvalue weighted by molar-refractivity contribution is 7.50. The SMILES string of the molecule is CCC(C)c1ccc(OP(=O)(OCl)OCl)cc1. The Morgan fingerprint density at radius 1 is 1.24 bits per heavy atom. The van der Waals surface area contributed by atoms with Crippen LogP contribution in [0.2, 0.25) is 0 Å². The van der Waals surface area contributed by atoms with Crippen LogP contribution in [0.3, 0.4) is 0 Å². The van der Waals surface area contributed by atoms with Crippen molar-refractivity contribution in [1.82, 2.24) is 0 Å². The van der Waals surface area contributed by atoms with E-state index in [1.165, 1.54) is 0 Å². The number of halogens is 2. The van der Waals surface area contributed by atoms with Crippen LogP contribution in [0.25, 0.3) is 0 Å². The van der Waals surface area contributed by atoms with Gasteiger partial charge in [0.25, 0.3) is 0 Å². The molecule has 0 radical (unpaired) electrons. The molecule has 0 aliphatic carbocycles. The van der Waals surface area contributed by atoms with Crippen molar-refractivity contribution in [2.45, 2.75) is 26.2 Å². The third kappa shape index (κ3) is 4.16. The summed E-state index contributed by atoms with van der Waals surface area (Å²) in [6.07, 6.45) is 1.04. The van der Waals surface area contributed by atoms with Crippen LogP contribution in [0.5, 0.6) is 5.75 Å². The standard InChI is InChI=1S/C10H13Cl2O4P/c1-3-8(2)9-4-6-10(7-5-9)14-17(13,15-11)16-12/h4-8H,3H2,1-2H3. The van der Waals surface area contributed by atoms with E-state index in [1.54, 1.807) is 12.1 Å². The molecule has 0 aromatic heterocycles. The van der Waals surface area contributed by atoms with Gasteiger partial charge in [0, 0.05) is 0 Å². The van der Waals surface area contributed by atoms with Crippen molar-refractivity contribution in [2.24, 2.45) is 0 Å². The molecule has 0 saturated heterocycles. The van der Waals surface area contributed by atoms with Crippen LogP contribution in [0, 0.1) is 0 Å². The van der Waals surface area contributed by atoms with Crippen LogP contribution in [-0.4, -0.2) is 0 Å². The molecule has 1 rings (SSSR count). The summed E-state index contributed by atoms with van der Waals surface area (Å²) in [6.45, 7) is 4.22. The third-order valence-electron chi connectivity index (χ3n) is 2.45. The minimum atomic E-state index is -3.92. The lowest BCUT2D eigenvalue weighted by molar-refractivity contribution is 0.318. The van der Waals surface area contributed by atoms with E-state index in [-0.39, 0.29) is 0 Å². The Hall–Kier alpha value is -0.250. The van der Waals surface area contributed by atoms with Gasteiger partial charge in [-0.1, -0.05) is 26.0 Å². The van der Waals surface area contributed by atoms with Crippen molar-refractivity contribution in [3.05, 3.63) is 29.8 Å². The topological polar surface area (TPSA) is 44.8 Å². The molecule has 96 valence electrons. The number of phosphoric acid groups is 1. The van der Waals surface area contributed by atoms with Gasteiger partial charge in [0.2, 0.25) is 0 Å². The average Bonchev–Trinajstić information content (AvgIpc) is 2.38. The lowest BCUT2D eigenvalue weighted by Crippen LogP contribution is -1.94. The van der Waals surface area contributed by atoms with Gasteiger partial charge in [-0.05, 0) is 30.0 Å². The zero-order valence-electron chi connectivity index (χ0n) is 9.43. The molecule has 0 amide bonds. The molecule has 0 spiro atoms. The summed E-state index contributed by atoms with van der Waals surface area (Å²) in [5.41, 5.74) is 1.16. The zero-order chi connectivity index (χ0) is 12.9. The Morgan fingerprint density at radius 2 is 1.76 bits per heavy atom. The van der Waals surface area contributed by atoms with Crippen molar-refractivity contribution in [2.75, 3.05) is 0 Å². The molecule has 0 bridgehead atoms. The van der Waals surface area contributed by atoms with Crippen LogP contribution in [0.15, 0.2) is 24.3 Å². The normalized spacial score (nSPS) is 13.4. The summed E-state index contributed by atoms with van der Waals surface area (Å²) >= 11 is 9.93. The Bertz CT molecular complexity index is 388. The maximum Gasteiger partial charge on any atom is 0.563 e. The van der Waals surface area contributed by atoms with E-state index in [2.05, 4.69) is 22.0 Å². The first-order valence-electron chi connectivity index (χ1n) is 5.05. The molecule has 1 aromatic carbocycles. The largest absolute Gasteiger partial charge is 0.563 e. The summed E-state index contributed by atoms with van der Waals surface area (Å²) in [4.78, 5) is 0. The smallest absolute Gasteiger partial charge is 0.402 e. The second kappa shape index (κ2) is 6.62. The molecular formula is C10H13Cl2O4P. The summed E-state index contributed by atoms with van der Waals surface area (Å²) < 4.78 is 24.5. The molecule has 0 aliphatic heterocycles. The van der Waals surface area contributed by atoms with Gasteiger partial charge in [0.1, 0.15) is 5.75 Å². The van der Waals surface area contributed by atoms with Crippen molar-refractivity contribution >= 4 is 31.6 Å². The molecule has 0 N–H and O–H groups in total. The van der Waals surface area contributed by atoms with E-state index in [4.69, 9.17) is 28.3 Å². The molecule has 1 aromatic rings. The highest BCUT2D eigenvalue weighted by atomic mass is 35.5. The molecule has 0 fully saturated rings. The fourth-order valence-corrected chi connectivity index (χ4v) is 2.14. The third-order valence-corrected chi connectivity index (χ3v) is 4.23. The Kier molecular flexibility index (Phi) is 5.77. The fourth-order valence-electron chi connectivity index (χ4n) is 1.26. The summed E-state index contributed by atoms with van der Waals surface area (Å²) in [5, 5.41) is 0. The molecule has 17 heavy (non-hydrogen) atoms. The lowest BCUT2D eigenvalue weighted by Gasteiger charge is -2.12. The van der Waals surface area contributed by atoms with E-state index >= 15 is 0 Å². The predicted molar refractivity (Wildman–Crippen MR) is 67.3 cm³/mol. The van der Waals surface area contributed by atoms with Crippen LogP contribution < -0.4 is 4.52 Å². The molecule has 0 saturated carbocycles. The number of hydrogen-bond donors (Lipinski definition) is 0. The van der Waals surface area contributed by atoms with Gasteiger partial charge in [-0.15, -0.1) is 0 Å². The van der Waals surface area contributed by atoms with Gasteiger partial charge >= 0.3 is 7.82 Å². The highest BCUT2D eigenvalue weighted by Crippen LogP contribution is 2.51. The van der Waals surface area contributed by atoms with Gasteiger partial charge in [0.15, 0.2) is 0 Å². The van der Waals surface area contributed by atoms with Crippen molar-refractivity contribution < 1.29 is 17.2 Å². The molecule has 0 heterocycles. The van der Waals surface area contributed by atoms with Crippen molar-refractivity contribution in [3.63, 3.8) is 0 Å². The van der Waals surface area contributed by atoms with Crippen molar-refractivity contribution in [1.29, 1.82) is 0 Å². The van der Waals surface area contributed by atoms with Crippen LogP contribution in [0.1, 0.15) is 31.7 Å². The Balaban J connectivity index is 2.78. The minimum Gasteiger partial charge on any atom is -0.402 e. The van der Waals surface area contributed by atoms with Gasteiger partial charge in [-0.25, -0.2) is 4.57 Å². The molecule has 4 nitrogen and oxygen atoms in total.